The fourth-order valence-electron chi connectivity index (χ4n) is 2.17. The lowest BCUT2D eigenvalue weighted by Crippen LogP contribution is -2.52. The molecule has 0 spiro atoms. The number of hydrogen-bond donors (Lipinski definition) is 0. The summed E-state index contributed by atoms with van der Waals surface area (Å²) in [5.74, 6) is 0.553. The van der Waals surface area contributed by atoms with Crippen LogP contribution < -0.4 is 4.84 Å². The van der Waals surface area contributed by atoms with Gasteiger partial charge in [0.2, 0.25) is 11.8 Å². The molecule has 1 aromatic rings. The molecule has 1 atom stereocenters. The van der Waals surface area contributed by atoms with Crippen molar-refractivity contribution in [1.82, 2.24) is 9.96 Å². The first kappa shape index (κ1) is 10.7. The molecule has 17 heavy (non-hydrogen) atoms. The van der Waals surface area contributed by atoms with Crippen LogP contribution in [0.2, 0.25) is 0 Å². The fourth-order valence-corrected chi connectivity index (χ4v) is 2.91. The van der Waals surface area contributed by atoms with Gasteiger partial charge in [-0.05, 0) is 11.8 Å². The predicted octanol–water partition coefficient (Wildman–Crippen LogP) is 1.00. The van der Waals surface area contributed by atoms with Gasteiger partial charge < -0.3 is 4.84 Å². The molecule has 2 aliphatic heterocycles. The predicted molar refractivity (Wildman–Crippen MR) is 61.3 cm³/mol. The summed E-state index contributed by atoms with van der Waals surface area (Å²) in [6, 6.07) is -0.338. The summed E-state index contributed by atoms with van der Waals surface area (Å²) in [6.07, 6.45) is 0.940. The van der Waals surface area contributed by atoms with Crippen LogP contribution in [0.25, 0.3) is 0 Å². The minimum Gasteiger partial charge on any atom is -0.404 e. The second-order valence-electron chi connectivity index (χ2n) is 4.27. The van der Waals surface area contributed by atoms with Crippen LogP contribution >= 0.6 is 11.3 Å². The van der Waals surface area contributed by atoms with Gasteiger partial charge in [-0.25, -0.2) is 0 Å². The highest BCUT2D eigenvalue weighted by atomic mass is 32.1. The molecule has 1 fully saturated rings. The summed E-state index contributed by atoms with van der Waals surface area (Å²) < 4.78 is 0. The van der Waals surface area contributed by atoms with Gasteiger partial charge in [-0.1, -0.05) is 0 Å². The van der Waals surface area contributed by atoms with Gasteiger partial charge in [0.15, 0.2) is 5.75 Å². The number of thiophene rings is 1. The average Bonchev–Trinajstić information content (AvgIpc) is 2.86. The van der Waals surface area contributed by atoms with Crippen LogP contribution in [0.4, 0.5) is 0 Å². The third-order valence-corrected chi connectivity index (χ3v) is 3.98. The minimum absolute atomic E-state index is 0.111. The Balaban J connectivity index is 1.76. The summed E-state index contributed by atoms with van der Waals surface area (Å²) in [4.78, 5) is 30.2. The zero-order valence-electron chi connectivity index (χ0n) is 9.38. The van der Waals surface area contributed by atoms with Gasteiger partial charge in [-0.15, -0.1) is 16.4 Å². The van der Waals surface area contributed by atoms with E-state index in [2.05, 4.69) is 0 Å². The van der Waals surface area contributed by atoms with E-state index < -0.39 is 0 Å². The number of imide groups is 1. The molecule has 1 unspecified atom stereocenters. The van der Waals surface area contributed by atoms with E-state index in [1.54, 1.807) is 16.4 Å². The van der Waals surface area contributed by atoms with Crippen LogP contribution in [0.15, 0.2) is 10.8 Å². The van der Waals surface area contributed by atoms with Crippen molar-refractivity contribution in [3.63, 3.8) is 0 Å². The first-order chi connectivity index (χ1) is 8.16. The quantitative estimate of drug-likeness (QED) is 0.700. The first-order valence-electron chi connectivity index (χ1n) is 5.47. The Kier molecular flexibility index (Phi) is 2.41. The van der Waals surface area contributed by atoms with Gasteiger partial charge in [0.25, 0.3) is 0 Å². The molecular weight excluding hydrogens is 240 g/mol. The molecule has 3 rings (SSSR count). The largest absolute Gasteiger partial charge is 0.404 e. The highest BCUT2D eigenvalue weighted by Crippen LogP contribution is 2.34. The van der Waals surface area contributed by atoms with Crippen molar-refractivity contribution in [3.05, 3.63) is 16.3 Å². The average molecular weight is 252 g/mol. The van der Waals surface area contributed by atoms with E-state index in [1.807, 2.05) is 10.8 Å². The van der Waals surface area contributed by atoms with E-state index in [-0.39, 0.29) is 17.9 Å². The summed E-state index contributed by atoms with van der Waals surface area (Å²) in [5, 5.41) is 5.64. The number of rotatable bonds is 1. The molecule has 2 aliphatic rings. The third kappa shape index (κ3) is 1.64. The molecule has 0 N–H and O–H groups in total. The van der Waals surface area contributed by atoms with Crippen molar-refractivity contribution in [1.29, 1.82) is 0 Å². The Hall–Kier alpha value is -1.40. The molecule has 0 radical (unpaired) electrons. The number of hydrogen-bond acceptors (Lipinski definition) is 5. The molecular formula is C11H12N2O3S. The van der Waals surface area contributed by atoms with Crippen LogP contribution in [0, 0.1) is 0 Å². The zero-order valence-corrected chi connectivity index (χ0v) is 10.2. The van der Waals surface area contributed by atoms with Gasteiger partial charge >= 0.3 is 0 Å². The van der Waals surface area contributed by atoms with Crippen LogP contribution in [0.5, 0.6) is 5.75 Å². The van der Waals surface area contributed by atoms with E-state index in [0.717, 1.165) is 11.3 Å². The summed E-state index contributed by atoms with van der Waals surface area (Å²) in [6.45, 7) is 0.622. The Morgan fingerprint density at radius 2 is 2.24 bits per heavy atom. The molecule has 0 saturated carbocycles. The number of hydroxylamine groups is 2. The zero-order chi connectivity index (χ0) is 12.0. The number of nitrogens with zero attached hydrogens (tertiary/aromatic N) is 2. The molecule has 0 aromatic carbocycles. The highest BCUT2D eigenvalue weighted by molar-refractivity contribution is 7.08. The maximum Gasteiger partial charge on any atom is 0.249 e. The normalized spacial score (nSPS) is 25.0. The van der Waals surface area contributed by atoms with E-state index in [1.165, 1.54) is 11.9 Å². The standard InChI is InChI=1S/C11H12N2O3S/c1-12-10(14)3-2-8(11(12)15)13-4-7-5-17-6-9(7)16-13/h5-6,8H,2-4H2,1H3. The fraction of sp³-hybridized carbons (Fsp3) is 0.455. The summed E-state index contributed by atoms with van der Waals surface area (Å²) in [5.41, 5.74) is 1.11. The minimum atomic E-state index is -0.338. The first-order valence-corrected chi connectivity index (χ1v) is 6.41. The lowest BCUT2D eigenvalue weighted by Gasteiger charge is -2.32. The number of amides is 2. The number of piperidine rings is 1. The van der Waals surface area contributed by atoms with Crippen LogP contribution in [-0.4, -0.2) is 34.9 Å². The second-order valence-corrected chi connectivity index (χ2v) is 5.02. The lowest BCUT2D eigenvalue weighted by molar-refractivity contribution is -0.163. The topological polar surface area (TPSA) is 49.9 Å². The second kappa shape index (κ2) is 3.82. The van der Waals surface area contributed by atoms with Gasteiger partial charge in [-0.3, -0.25) is 14.5 Å². The molecule has 0 aliphatic carbocycles. The number of likely N-dealkylation sites (tertiary alicyclic amines) is 1. The van der Waals surface area contributed by atoms with E-state index >= 15 is 0 Å². The van der Waals surface area contributed by atoms with E-state index in [0.29, 0.717) is 19.4 Å². The maximum atomic E-state index is 12.0. The Morgan fingerprint density at radius 3 is 3.00 bits per heavy atom. The molecule has 6 heteroatoms. The third-order valence-electron chi connectivity index (χ3n) is 3.21. The Bertz CT molecular complexity index is 464. The highest BCUT2D eigenvalue weighted by Gasteiger charge is 2.39. The Morgan fingerprint density at radius 1 is 1.41 bits per heavy atom. The molecule has 1 aromatic heterocycles. The van der Waals surface area contributed by atoms with Crippen molar-refractivity contribution < 1.29 is 14.4 Å². The number of carbonyl (C=O) groups excluding carboxylic acids is 2. The number of carbonyl (C=O) groups is 2. The van der Waals surface area contributed by atoms with Gasteiger partial charge in [0, 0.05) is 24.4 Å². The smallest absolute Gasteiger partial charge is 0.249 e. The van der Waals surface area contributed by atoms with Crippen molar-refractivity contribution in [2.24, 2.45) is 0 Å². The summed E-state index contributed by atoms with van der Waals surface area (Å²) in [7, 11) is 1.53. The molecule has 5 nitrogen and oxygen atoms in total. The monoisotopic (exact) mass is 252 g/mol. The van der Waals surface area contributed by atoms with Gasteiger partial charge in [0.05, 0.1) is 6.54 Å². The van der Waals surface area contributed by atoms with Crippen molar-refractivity contribution >= 4 is 23.2 Å². The van der Waals surface area contributed by atoms with Crippen LogP contribution in [0.1, 0.15) is 18.4 Å². The molecule has 2 amide bonds. The number of likely N-dealkylation sites (N-methyl/N-ethyl adjacent to an activating group) is 1. The molecule has 1 saturated heterocycles. The maximum absolute atomic E-state index is 12.0. The number of fused-ring (bicyclic) bond motifs is 1. The van der Waals surface area contributed by atoms with E-state index in [4.69, 9.17) is 4.84 Å². The van der Waals surface area contributed by atoms with Gasteiger partial charge in [0.1, 0.15) is 6.04 Å². The van der Waals surface area contributed by atoms with Crippen molar-refractivity contribution in [2.45, 2.75) is 25.4 Å². The summed E-state index contributed by atoms with van der Waals surface area (Å²) >= 11 is 1.59. The van der Waals surface area contributed by atoms with Crippen LogP contribution in [0.3, 0.4) is 0 Å². The van der Waals surface area contributed by atoms with Crippen molar-refractivity contribution in [3.8, 4) is 5.75 Å². The molecule has 0 bridgehead atoms. The molecule has 90 valence electrons. The van der Waals surface area contributed by atoms with Crippen LogP contribution in [-0.2, 0) is 16.1 Å². The van der Waals surface area contributed by atoms with Crippen molar-refractivity contribution in [2.75, 3.05) is 7.05 Å². The molecule has 3 heterocycles. The van der Waals surface area contributed by atoms with E-state index in [9.17, 15) is 9.59 Å². The Labute approximate surface area is 103 Å². The SMILES string of the molecule is CN1C(=O)CCC(N2Cc3cscc3O2)C1=O. The van der Waals surface area contributed by atoms with Gasteiger partial charge in [-0.2, -0.15) is 0 Å². The lowest BCUT2D eigenvalue weighted by atomic mass is 10.0.